The Morgan fingerprint density at radius 2 is 2.00 bits per heavy atom. The molecule has 1 saturated heterocycles. The lowest BCUT2D eigenvalue weighted by atomic mass is 9.79. The van der Waals surface area contributed by atoms with Gasteiger partial charge in [0.05, 0.1) is 6.04 Å². The van der Waals surface area contributed by atoms with Crippen LogP contribution in [-0.4, -0.2) is 16.7 Å². The molecule has 2 aromatic rings. The van der Waals surface area contributed by atoms with Crippen LogP contribution in [0.5, 0.6) is 5.75 Å². The Labute approximate surface area is 162 Å². The molecule has 7 heteroatoms. The summed E-state index contributed by atoms with van der Waals surface area (Å²) in [5.74, 6) is 0.0785. The number of hydrogen-bond acceptors (Lipinski definition) is 3. The van der Waals surface area contributed by atoms with E-state index in [0.717, 1.165) is 16.9 Å². The Hall–Kier alpha value is -2.31. The van der Waals surface area contributed by atoms with Gasteiger partial charge in [0.1, 0.15) is 11.7 Å². The summed E-state index contributed by atoms with van der Waals surface area (Å²) in [6.07, 6.45) is 0. The maximum Gasteiger partial charge on any atom is 0.236 e. The van der Waals surface area contributed by atoms with E-state index in [2.05, 4.69) is 16.0 Å². The van der Waals surface area contributed by atoms with Gasteiger partial charge >= 0.3 is 0 Å². The normalized spacial score (nSPS) is 26.0. The number of anilines is 1. The molecule has 0 unspecified atom stereocenters. The fourth-order valence-corrected chi connectivity index (χ4v) is 4.07. The molecule has 5 nitrogen and oxygen atoms in total. The van der Waals surface area contributed by atoms with Crippen LogP contribution in [0.2, 0.25) is 5.02 Å². The molecule has 1 fully saturated rings. The molecule has 2 heterocycles. The van der Waals surface area contributed by atoms with E-state index in [4.69, 9.17) is 28.6 Å². The van der Waals surface area contributed by atoms with Crippen LogP contribution in [0.1, 0.15) is 24.1 Å². The third-order valence-corrected chi connectivity index (χ3v) is 5.26. The number of ether oxygens (including phenoxy) is 1. The first-order valence-electron chi connectivity index (χ1n) is 8.30. The summed E-state index contributed by atoms with van der Waals surface area (Å²) in [7, 11) is 0. The van der Waals surface area contributed by atoms with E-state index in [0.29, 0.717) is 15.8 Å². The predicted molar refractivity (Wildman–Crippen MR) is 105 cm³/mol. The molecule has 0 aromatic heterocycles. The van der Waals surface area contributed by atoms with Crippen molar-refractivity contribution >= 4 is 40.5 Å². The molecule has 26 heavy (non-hydrogen) atoms. The average molecular weight is 388 g/mol. The lowest BCUT2D eigenvalue weighted by Gasteiger charge is -2.50. The van der Waals surface area contributed by atoms with Gasteiger partial charge in [0.25, 0.3) is 0 Å². The summed E-state index contributed by atoms with van der Waals surface area (Å²) in [5.41, 5.74) is 1.77. The van der Waals surface area contributed by atoms with Crippen molar-refractivity contribution in [2.75, 3.05) is 5.32 Å². The maximum atomic E-state index is 13.1. The van der Waals surface area contributed by atoms with E-state index in [-0.39, 0.29) is 11.9 Å². The topological polar surface area (TPSA) is 62.4 Å². The number of thiocarbonyl (C=S) groups is 1. The van der Waals surface area contributed by atoms with E-state index < -0.39 is 11.6 Å². The number of rotatable bonds is 2. The lowest BCUT2D eigenvalue weighted by Crippen LogP contribution is -2.70. The van der Waals surface area contributed by atoms with Crippen LogP contribution in [0.4, 0.5) is 5.69 Å². The molecular formula is C19H18ClN3O2S. The van der Waals surface area contributed by atoms with E-state index in [9.17, 15) is 4.79 Å². The Bertz CT molecular complexity index is 902. The molecule has 0 spiro atoms. The zero-order chi connectivity index (χ0) is 18.5. The van der Waals surface area contributed by atoms with Gasteiger partial charge < -0.3 is 20.7 Å². The Morgan fingerprint density at radius 1 is 1.27 bits per heavy atom. The van der Waals surface area contributed by atoms with Crippen molar-refractivity contribution in [3.05, 3.63) is 58.6 Å². The molecule has 1 amide bonds. The van der Waals surface area contributed by atoms with Gasteiger partial charge in [0.15, 0.2) is 10.8 Å². The number of amides is 1. The first kappa shape index (κ1) is 17.1. The molecule has 3 atom stereocenters. The predicted octanol–water partition coefficient (Wildman–Crippen LogP) is 3.53. The summed E-state index contributed by atoms with van der Waals surface area (Å²) in [6, 6.07) is 12.7. The average Bonchev–Trinajstić information content (AvgIpc) is 2.56. The van der Waals surface area contributed by atoms with Crippen LogP contribution in [0.15, 0.2) is 42.5 Å². The molecule has 0 aliphatic carbocycles. The fraction of sp³-hybridized carbons (Fsp3) is 0.263. The summed E-state index contributed by atoms with van der Waals surface area (Å²) in [5, 5.41) is 10.4. The van der Waals surface area contributed by atoms with Gasteiger partial charge in [-0.2, -0.15) is 0 Å². The van der Waals surface area contributed by atoms with Crippen LogP contribution >= 0.6 is 23.8 Å². The van der Waals surface area contributed by atoms with Crippen LogP contribution in [0.3, 0.4) is 0 Å². The van der Waals surface area contributed by atoms with Crippen molar-refractivity contribution in [1.82, 2.24) is 10.6 Å². The molecule has 0 radical (unpaired) electrons. The highest BCUT2D eigenvalue weighted by molar-refractivity contribution is 7.80. The van der Waals surface area contributed by atoms with Crippen molar-refractivity contribution in [1.29, 1.82) is 0 Å². The highest BCUT2D eigenvalue weighted by atomic mass is 35.5. The minimum atomic E-state index is -0.939. The highest BCUT2D eigenvalue weighted by Gasteiger charge is 2.54. The molecule has 2 aliphatic rings. The van der Waals surface area contributed by atoms with Crippen LogP contribution < -0.4 is 20.7 Å². The summed E-state index contributed by atoms with van der Waals surface area (Å²) in [4.78, 5) is 13.1. The van der Waals surface area contributed by atoms with Crippen molar-refractivity contribution in [3.8, 4) is 5.75 Å². The number of carbonyl (C=O) groups is 1. The second-order valence-electron chi connectivity index (χ2n) is 6.80. The SMILES string of the molecule is Cc1ccc2c(c1)[C@H]1NC(=S)N[C@](C)(O2)[C@@H]1C(=O)Nc1ccc(Cl)cc1. The zero-order valence-corrected chi connectivity index (χ0v) is 15.9. The zero-order valence-electron chi connectivity index (χ0n) is 14.3. The van der Waals surface area contributed by atoms with E-state index in [1.807, 2.05) is 32.0 Å². The molecule has 134 valence electrons. The number of fused-ring (bicyclic) bond motifs is 4. The highest BCUT2D eigenvalue weighted by Crippen LogP contribution is 2.45. The number of nitrogens with one attached hydrogen (secondary N) is 3. The van der Waals surface area contributed by atoms with Crippen molar-refractivity contribution in [2.24, 2.45) is 5.92 Å². The van der Waals surface area contributed by atoms with E-state index in [1.54, 1.807) is 24.3 Å². The fourth-order valence-electron chi connectivity index (χ4n) is 3.62. The van der Waals surface area contributed by atoms with Crippen molar-refractivity contribution in [3.63, 3.8) is 0 Å². The number of carbonyl (C=O) groups excluding carboxylic acids is 1. The quantitative estimate of drug-likeness (QED) is 0.688. The third kappa shape index (κ3) is 2.89. The molecular weight excluding hydrogens is 370 g/mol. The van der Waals surface area contributed by atoms with Gasteiger partial charge in [-0.25, -0.2) is 0 Å². The smallest absolute Gasteiger partial charge is 0.236 e. The Balaban J connectivity index is 1.71. The van der Waals surface area contributed by atoms with E-state index in [1.165, 1.54) is 0 Å². The first-order valence-corrected chi connectivity index (χ1v) is 9.09. The second kappa shape index (κ2) is 6.14. The molecule has 0 saturated carbocycles. The molecule has 3 N–H and O–H groups in total. The second-order valence-corrected chi connectivity index (χ2v) is 7.65. The summed E-state index contributed by atoms with van der Waals surface area (Å²) >= 11 is 11.2. The van der Waals surface area contributed by atoms with Crippen LogP contribution in [0.25, 0.3) is 0 Å². The molecule has 2 bridgehead atoms. The Kier molecular flexibility index (Phi) is 4.04. The minimum Gasteiger partial charge on any atom is -0.467 e. The number of benzene rings is 2. The lowest BCUT2D eigenvalue weighted by molar-refractivity contribution is -0.132. The first-order chi connectivity index (χ1) is 12.4. The molecule has 2 aromatic carbocycles. The molecule has 4 rings (SSSR count). The van der Waals surface area contributed by atoms with Crippen LogP contribution in [-0.2, 0) is 4.79 Å². The van der Waals surface area contributed by atoms with Crippen LogP contribution in [0, 0.1) is 12.8 Å². The van der Waals surface area contributed by atoms with Gasteiger partial charge in [-0.3, -0.25) is 4.79 Å². The van der Waals surface area contributed by atoms with Crippen molar-refractivity contribution < 1.29 is 9.53 Å². The van der Waals surface area contributed by atoms with Gasteiger partial charge in [-0.1, -0.05) is 29.3 Å². The molecule has 2 aliphatic heterocycles. The summed E-state index contributed by atoms with van der Waals surface area (Å²) in [6.45, 7) is 3.86. The number of halogens is 1. The number of aryl methyl sites for hydroxylation is 1. The van der Waals surface area contributed by atoms with E-state index >= 15 is 0 Å². The standard InChI is InChI=1S/C19H18ClN3O2S/c1-10-3-8-14-13(9-10)16-15(19(2,25-14)23-18(26)22-16)17(24)21-12-6-4-11(20)5-7-12/h3-9,15-16H,1-2H3,(H,21,24)(H2,22,23,26)/t15-,16+,19+/m0/s1. The Morgan fingerprint density at radius 3 is 2.73 bits per heavy atom. The largest absolute Gasteiger partial charge is 0.467 e. The monoisotopic (exact) mass is 387 g/mol. The van der Waals surface area contributed by atoms with Gasteiger partial charge in [0, 0.05) is 16.3 Å². The third-order valence-electron chi connectivity index (χ3n) is 4.79. The van der Waals surface area contributed by atoms with Gasteiger partial charge in [-0.05, 0) is 56.4 Å². The van der Waals surface area contributed by atoms with Crippen molar-refractivity contribution in [2.45, 2.75) is 25.6 Å². The maximum absolute atomic E-state index is 13.1. The number of hydrogen-bond donors (Lipinski definition) is 3. The van der Waals surface area contributed by atoms with Gasteiger partial charge in [0.2, 0.25) is 5.91 Å². The van der Waals surface area contributed by atoms with Gasteiger partial charge in [-0.15, -0.1) is 0 Å². The minimum absolute atomic E-state index is 0.158. The summed E-state index contributed by atoms with van der Waals surface area (Å²) < 4.78 is 6.19.